The second-order valence-electron chi connectivity index (χ2n) is 10.1. The Labute approximate surface area is 219 Å². The minimum Gasteiger partial charge on any atom is -0.374 e. The van der Waals surface area contributed by atoms with Gasteiger partial charge in [-0.1, -0.05) is 25.0 Å². The maximum absolute atomic E-state index is 10.6. The highest BCUT2D eigenvalue weighted by molar-refractivity contribution is 5.96. The summed E-state index contributed by atoms with van der Waals surface area (Å²) >= 11 is 0. The number of nitrogens with zero attached hydrogens (tertiary/aromatic N) is 5. The van der Waals surface area contributed by atoms with Crippen molar-refractivity contribution in [3.8, 4) is 28.3 Å². The van der Waals surface area contributed by atoms with Crippen LogP contribution in [0.3, 0.4) is 0 Å². The molecule has 2 aromatic carbocycles. The van der Waals surface area contributed by atoms with Gasteiger partial charge in [-0.05, 0) is 55.7 Å². The first-order valence-electron chi connectivity index (χ1n) is 13.0. The number of aryl methyl sites for hydroxylation is 1. The Morgan fingerprint density at radius 2 is 1.95 bits per heavy atom. The zero-order valence-corrected chi connectivity index (χ0v) is 21.0. The molecule has 1 fully saturated rings. The molecule has 1 aliphatic carbocycles. The Morgan fingerprint density at radius 3 is 2.79 bits per heavy atom. The van der Waals surface area contributed by atoms with E-state index in [0.29, 0.717) is 11.7 Å². The lowest BCUT2D eigenvalue weighted by atomic mass is 10.0. The van der Waals surface area contributed by atoms with Crippen LogP contribution in [0.2, 0.25) is 0 Å². The number of para-hydroxylation sites is 1. The second-order valence-corrected chi connectivity index (χ2v) is 10.1. The number of aromatic amines is 2. The van der Waals surface area contributed by atoms with E-state index < -0.39 is 6.23 Å². The van der Waals surface area contributed by atoms with Crippen molar-refractivity contribution in [1.82, 2.24) is 34.7 Å². The summed E-state index contributed by atoms with van der Waals surface area (Å²) in [5.41, 5.74) is 8.16. The molecule has 0 aliphatic heterocycles. The molecular weight excluding hydrogens is 476 g/mol. The Hall–Kier alpha value is -4.50. The number of hydrogen-bond acceptors (Lipinski definition) is 6. The van der Waals surface area contributed by atoms with Crippen molar-refractivity contribution >= 4 is 27.6 Å². The minimum atomic E-state index is -0.554. The van der Waals surface area contributed by atoms with Crippen LogP contribution in [0.25, 0.3) is 50.3 Å². The molecule has 9 nitrogen and oxygen atoms in total. The van der Waals surface area contributed by atoms with Gasteiger partial charge in [0.2, 0.25) is 0 Å². The van der Waals surface area contributed by atoms with Crippen LogP contribution in [0.15, 0.2) is 67.4 Å². The zero-order valence-electron chi connectivity index (χ0n) is 21.0. The topological polar surface area (TPSA) is 120 Å². The van der Waals surface area contributed by atoms with E-state index in [2.05, 4.69) is 42.6 Å². The molecule has 0 radical (unpaired) electrons. The molecule has 0 spiro atoms. The number of benzene rings is 2. The monoisotopic (exact) mass is 504 g/mol. The molecule has 0 bridgehead atoms. The molecule has 0 saturated heterocycles. The van der Waals surface area contributed by atoms with Crippen LogP contribution >= 0.6 is 0 Å². The third-order valence-electron chi connectivity index (χ3n) is 7.50. The Morgan fingerprint density at radius 1 is 1.05 bits per heavy atom. The standard InChI is InChI=1S/C29H28N8O/c1-17-15-37(16-31-17)25-8-4-7-24-27(25)34-28(33-24)26-22-12-19(9-10-23(22)35-36-26)20-11-21(14-30-13-20)32-29(38)18-5-2-3-6-18/h4,7-16,18,29,32,38H,2-3,5-6H2,1H3,(H,33,34)(H,35,36). The number of imidazole rings is 2. The van der Waals surface area contributed by atoms with Gasteiger partial charge in [0.15, 0.2) is 5.82 Å². The fourth-order valence-electron chi connectivity index (χ4n) is 5.50. The molecule has 38 heavy (non-hydrogen) atoms. The average molecular weight is 505 g/mol. The number of aliphatic hydroxyl groups is 1. The minimum absolute atomic E-state index is 0.297. The highest BCUT2D eigenvalue weighted by Gasteiger charge is 2.23. The molecule has 9 heteroatoms. The first-order chi connectivity index (χ1) is 18.6. The van der Waals surface area contributed by atoms with E-state index in [-0.39, 0.29) is 0 Å². The predicted molar refractivity (Wildman–Crippen MR) is 148 cm³/mol. The summed E-state index contributed by atoms with van der Waals surface area (Å²) in [5.74, 6) is 0.992. The van der Waals surface area contributed by atoms with Crippen LogP contribution < -0.4 is 5.32 Å². The second kappa shape index (κ2) is 9.11. The fourth-order valence-corrected chi connectivity index (χ4v) is 5.50. The summed E-state index contributed by atoms with van der Waals surface area (Å²) in [4.78, 5) is 17.2. The van der Waals surface area contributed by atoms with Crippen LogP contribution in [0.1, 0.15) is 31.4 Å². The van der Waals surface area contributed by atoms with E-state index in [1.54, 1.807) is 12.5 Å². The molecule has 0 amide bonds. The van der Waals surface area contributed by atoms with Crippen molar-refractivity contribution in [1.29, 1.82) is 0 Å². The summed E-state index contributed by atoms with van der Waals surface area (Å²) in [6.45, 7) is 1.97. The molecule has 1 unspecified atom stereocenters. The summed E-state index contributed by atoms with van der Waals surface area (Å²) in [7, 11) is 0. The molecular formula is C29H28N8O. The zero-order chi connectivity index (χ0) is 25.6. The largest absolute Gasteiger partial charge is 0.374 e. The van der Waals surface area contributed by atoms with E-state index in [9.17, 15) is 5.11 Å². The van der Waals surface area contributed by atoms with Crippen molar-refractivity contribution in [2.24, 2.45) is 5.92 Å². The number of aromatic nitrogens is 7. The first kappa shape index (κ1) is 22.7. The normalized spacial score (nSPS) is 15.0. The maximum atomic E-state index is 10.6. The van der Waals surface area contributed by atoms with Gasteiger partial charge in [-0.25, -0.2) is 9.97 Å². The van der Waals surface area contributed by atoms with Crippen LogP contribution in [0, 0.1) is 12.8 Å². The van der Waals surface area contributed by atoms with Gasteiger partial charge in [-0.2, -0.15) is 5.10 Å². The third-order valence-corrected chi connectivity index (χ3v) is 7.50. The third kappa shape index (κ3) is 4.01. The van der Waals surface area contributed by atoms with Gasteiger partial charge in [0.25, 0.3) is 0 Å². The Kier molecular flexibility index (Phi) is 5.44. The fraction of sp³-hybridized carbons (Fsp3) is 0.241. The van der Waals surface area contributed by atoms with Gasteiger partial charge in [-0.3, -0.25) is 10.1 Å². The van der Waals surface area contributed by atoms with Crippen molar-refractivity contribution in [2.75, 3.05) is 5.32 Å². The van der Waals surface area contributed by atoms with E-state index in [0.717, 1.165) is 68.7 Å². The molecule has 1 atom stereocenters. The molecule has 4 heterocycles. The van der Waals surface area contributed by atoms with Crippen LogP contribution in [-0.2, 0) is 0 Å². The smallest absolute Gasteiger partial charge is 0.159 e. The maximum Gasteiger partial charge on any atom is 0.159 e. The quantitative estimate of drug-likeness (QED) is 0.220. The number of aliphatic hydroxyl groups excluding tert-OH is 1. The lowest BCUT2D eigenvalue weighted by Crippen LogP contribution is -2.26. The number of pyridine rings is 1. The van der Waals surface area contributed by atoms with Gasteiger partial charge < -0.3 is 20.0 Å². The van der Waals surface area contributed by atoms with E-state index in [1.165, 1.54) is 12.8 Å². The highest BCUT2D eigenvalue weighted by Crippen LogP contribution is 2.33. The predicted octanol–water partition coefficient (Wildman–Crippen LogP) is 5.58. The number of rotatable bonds is 6. The summed E-state index contributed by atoms with van der Waals surface area (Å²) in [6.07, 6.45) is 11.3. The molecule has 7 rings (SSSR count). The average Bonchev–Trinajstić information content (AvgIpc) is 3.74. The van der Waals surface area contributed by atoms with Crippen LogP contribution in [0.5, 0.6) is 0 Å². The van der Waals surface area contributed by atoms with E-state index in [4.69, 9.17) is 4.98 Å². The number of anilines is 1. The summed E-state index contributed by atoms with van der Waals surface area (Å²) in [6, 6.07) is 14.3. The van der Waals surface area contributed by atoms with Crippen molar-refractivity contribution in [2.45, 2.75) is 38.8 Å². The molecule has 4 N–H and O–H groups in total. The van der Waals surface area contributed by atoms with Crippen molar-refractivity contribution in [3.63, 3.8) is 0 Å². The van der Waals surface area contributed by atoms with Crippen molar-refractivity contribution < 1.29 is 5.11 Å². The van der Waals surface area contributed by atoms with Gasteiger partial charge in [0, 0.05) is 29.3 Å². The summed E-state index contributed by atoms with van der Waals surface area (Å²) in [5, 5.41) is 22.6. The molecule has 6 aromatic rings. The molecule has 1 saturated carbocycles. The van der Waals surface area contributed by atoms with Gasteiger partial charge in [0.1, 0.15) is 17.4 Å². The van der Waals surface area contributed by atoms with Gasteiger partial charge in [0.05, 0.1) is 40.6 Å². The number of nitrogens with one attached hydrogen (secondary N) is 3. The highest BCUT2D eigenvalue weighted by atomic mass is 16.3. The van der Waals surface area contributed by atoms with Gasteiger partial charge in [-0.15, -0.1) is 0 Å². The number of H-pyrrole nitrogens is 2. The summed E-state index contributed by atoms with van der Waals surface area (Å²) < 4.78 is 1.99. The number of fused-ring (bicyclic) bond motifs is 2. The van der Waals surface area contributed by atoms with Gasteiger partial charge >= 0.3 is 0 Å². The van der Waals surface area contributed by atoms with Crippen LogP contribution in [0.4, 0.5) is 5.69 Å². The molecule has 4 aromatic heterocycles. The lowest BCUT2D eigenvalue weighted by Gasteiger charge is -2.20. The van der Waals surface area contributed by atoms with E-state index in [1.807, 2.05) is 54.2 Å². The number of hydrogen-bond donors (Lipinski definition) is 4. The lowest BCUT2D eigenvalue weighted by molar-refractivity contribution is 0.137. The van der Waals surface area contributed by atoms with Crippen LogP contribution in [-0.4, -0.2) is 46.0 Å². The SMILES string of the molecule is Cc1cn(-c2cccc3[nH]c(-c4n[nH]c5ccc(-c6cncc(NC(O)C7CCCC7)c6)cc45)nc23)cn1. The molecule has 1 aliphatic rings. The first-order valence-corrected chi connectivity index (χ1v) is 13.0. The van der Waals surface area contributed by atoms with E-state index >= 15 is 0 Å². The Balaban J connectivity index is 1.24. The molecule has 190 valence electrons. The van der Waals surface area contributed by atoms with Crippen molar-refractivity contribution in [3.05, 3.63) is 73.1 Å². The Bertz CT molecular complexity index is 1760.